The molecule has 2 aromatic carbocycles. The molecule has 0 unspecified atom stereocenters. The van der Waals surface area contributed by atoms with Gasteiger partial charge < -0.3 is 43.6 Å². The van der Waals surface area contributed by atoms with Gasteiger partial charge in [-0.15, -0.1) is 0 Å². The standard InChI is InChI=1S/C32H47N9O7/c1-18(2)26(31(48)41-27(44)21-13-12-19-8-3-4-9-20(19)16-21)40-30(47)24(17-25(42)43)39-29(46)23(11-5-6-14-33)38-28(45)22(34)10-7-15-37-32(35)36/h3-4,8-9,12-13,16,18,22-24,26H,5-7,10-11,14-15,17,33-34H2,1-2H3,(H,38,45)(H,39,46)(H,40,47)(H,42,43)(H4,35,36,37)(H,41,44,48)/t22-,23-,24-,26-/m0/s1. The largest absolute Gasteiger partial charge is 0.481 e. The molecule has 0 heterocycles. The fourth-order valence-corrected chi connectivity index (χ4v) is 4.75. The highest BCUT2D eigenvalue weighted by Gasteiger charge is 2.33. The smallest absolute Gasteiger partial charge is 0.305 e. The predicted molar refractivity (Wildman–Crippen MR) is 179 cm³/mol. The highest BCUT2D eigenvalue weighted by molar-refractivity contribution is 6.08. The maximum atomic E-state index is 13.3. The maximum Gasteiger partial charge on any atom is 0.305 e. The highest BCUT2D eigenvalue weighted by atomic mass is 16.4. The summed E-state index contributed by atoms with van der Waals surface area (Å²) < 4.78 is 0. The van der Waals surface area contributed by atoms with Crippen LogP contribution in [-0.4, -0.2) is 83.8 Å². The van der Waals surface area contributed by atoms with Gasteiger partial charge in [0.2, 0.25) is 23.6 Å². The Morgan fingerprint density at radius 2 is 1.46 bits per heavy atom. The molecule has 0 aliphatic carbocycles. The molecule has 5 amide bonds. The average molecular weight is 670 g/mol. The van der Waals surface area contributed by atoms with Gasteiger partial charge >= 0.3 is 5.97 Å². The number of guanidine groups is 1. The summed E-state index contributed by atoms with van der Waals surface area (Å²) in [5, 5.41) is 30.7. The number of unbranched alkanes of at least 4 members (excludes halogenated alkanes) is 1. The van der Waals surface area contributed by atoms with Crippen molar-refractivity contribution in [3.8, 4) is 0 Å². The first-order valence-corrected chi connectivity index (χ1v) is 15.7. The number of hydrogen-bond acceptors (Lipinski definition) is 9. The first-order chi connectivity index (χ1) is 22.7. The van der Waals surface area contributed by atoms with Gasteiger partial charge in [0.05, 0.1) is 12.5 Å². The second kappa shape index (κ2) is 19.5. The van der Waals surface area contributed by atoms with Gasteiger partial charge in [0.1, 0.15) is 18.1 Å². The lowest BCUT2D eigenvalue weighted by Crippen LogP contribution is -2.59. The van der Waals surface area contributed by atoms with E-state index in [1.165, 1.54) is 0 Å². The van der Waals surface area contributed by atoms with Crippen molar-refractivity contribution in [2.75, 3.05) is 13.1 Å². The zero-order chi connectivity index (χ0) is 35.8. The highest BCUT2D eigenvalue weighted by Crippen LogP contribution is 2.16. The van der Waals surface area contributed by atoms with Crippen LogP contribution in [0.5, 0.6) is 0 Å². The van der Waals surface area contributed by atoms with Crippen molar-refractivity contribution >= 4 is 52.2 Å². The Balaban J connectivity index is 2.13. The number of carboxylic acid groups (broad SMARTS) is 1. The number of imide groups is 1. The molecular weight excluding hydrogens is 622 g/mol. The number of rotatable bonds is 19. The number of nitrogens with one attached hydrogen (secondary N) is 6. The van der Waals surface area contributed by atoms with Crippen LogP contribution in [0.2, 0.25) is 0 Å². The molecule has 0 saturated heterocycles. The van der Waals surface area contributed by atoms with E-state index < -0.39 is 72.0 Å². The quantitative estimate of drug-likeness (QED) is 0.0512. The fraction of sp³-hybridized carbons (Fsp3) is 0.469. The number of hydrogen-bond donors (Lipinski definition) is 10. The van der Waals surface area contributed by atoms with E-state index in [4.69, 9.17) is 22.6 Å². The Hall–Kier alpha value is -5.09. The molecule has 13 N–H and O–H groups in total. The minimum atomic E-state index is -1.62. The van der Waals surface area contributed by atoms with Crippen LogP contribution in [0.4, 0.5) is 0 Å². The van der Waals surface area contributed by atoms with Crippen molar-refractivity contribution in [2.24, 2.45) is 23.1 Å². The number of aliphatic carboxylic acids is 1. The van der Waals surface area contributed by atoms with Crippen molar-refractivity contribution in [2.45, 2.75) is 76.5 Å². The van der Waals surface area contributed by atoms with Gasteiger partial charge in [0.25, 0.3) is 5.91 Å². The summed E-state index contributed by atoms with van der Waals surface area (Å²) in [7, 11) is 0. The Bertz CT molecular complexity index is 1470. The normalized spacial score (nSPS) is 13.4. The number of amides is 5. The first-order valence-electron chi connectivity index (χ1n) is 15.7. The molecule has 0 radical (unpaired) electrons. The third-order valence-electron chi connectivity index (χ3n) is 7.43. The summed E-state index contributed by atoms with van der Waals surface area (Å²) in [4.78, 5) is 77.2. The molecule has 0 bridgehead atoms. The molecule has 2 aromatic rings. The molecule has 0 spiro atoms. The lowest BCUT2D eigenvalue weighted by atomic mass is 10.0. The Morgan fingerprint density at radius 3 is 2.08 bits per heavy atom. The zero-order valence-electron chi connectivity index (χ0n) is 27.2. The van der Waals surface area contributed by atoms with Crippen LogP contribution in [0.3, 0.4) is 0 Å². The summed E-state index contributed by atoms with van der Waals surface area (Å²) in [6.07, 6.45) is 0.898. The van der Waals surface area contributed by atoms with Gasteiger partial charge in [-0.2, -0.15) is 0 Å². The lowest BCUT2D eigenvalue weighted by molar-refractivity contribution is -0.141. The van der Waals surface area contributed by atoms with Gasteiger partial charge in [-0.25, -0.2) is 0 Å². The third-order valence-corrected chi connectivity index (χ3v) is 7.43. The molecular formula is C32H47N9O7. The van der Waals surface area contributed by atoms with E-state index in [2.05, 4.69) is 26.6 Å². The van der Waals surface area contributed by atoms with Crippen molar-refractivity contribution in [1.82, 2.24) is 26.6 Å². The summed E-state index contributed by atoms with van der Waals surface area (Å²) in [6.45, 7) is 3.89. The van der Waals surface area contributed by atoms with E-state index in [0.717, 1.165) is 10.8 Å². The molecule has 48 heavy (non-hydrogen) atoms. The summed E-state index contributed by atoms with van der Waals surface area (Å²) >= 11 is 0. The predicted octanol–water partition coefficient (Wildman–Crippen LogP) is -0.599. The maximum absolute atomic E-state index is 13.3. The molecule has 16 nitrogen and oxygen atoms in total. The topological polar surface area (TPSA) is 285 Å². The molecule has 0 aromatic heterocycles. The summed E-state index contributed by atoms with van der Waals surface area (Å²) in [5.41, 5.74) is 17.0. The van der Waals surface area contributed by atoms with E-state index in [0.29, 0.717) is 32.4 Å². The minimum Gasteiger partial charge on any atom is -0.481 e. The second-order valence-corrected chi connectivity index (χ2v) is 11.7. The number of nitrogens with two attached hydrogens (primary N) is 3. The van der Waals surface area contributed by atoms with E-state index in [9.17, 15) is 33.9 Å². The van der Waals surface area contributed by atoms with E-state index in [-0.39, 0.29) is 24.4 Å². The van der Waals surface area contributed by atoms with Crippen molar-refractivity contribution in [3.63, 3.8) is 0 Å². The molecule has 16 heteroatoms. The van der Waals surface area contributed by atoms with Crippen molar-refractivity contribution in [1.29, 1.82) is 5.41 Å². The molecule has 0 saturated carbocycles. The van der Waals surface area contributed by atoms with Crippen LogP contribution in [0, 0.1) is 11.3 Å². The molecule has 0 aliphatic heterocycles. The molecule has 4 atom stereocenters. The Kier molecular flexibility index (Phi) is 15.9. The van der Waals surface area contributed by atoms with Crippen molar-refractivity contribution < 1.29 is 33.9 Å². The number of carbonyl (C=O) groups is 6. The van der Waals surface area contributed by atoms with E-state index in [1.807, 2.05) is 24.3 Å². The Morgan fingerprint density at radius 1 is 0.812 bits per heavy atom. The molecule has 262 valence electrons. The van der Waals surface area contributed by atoms with Gasteiger partial charge in [0, 0.05) is 12.1 Å². The van der Waals surface area contributed by atoms with Crippen LogP contribution in [0.25, 0.3) is 10.8 Å². The SMILES string of the molecule is CC(C)[C@H](NC(=O)[C@H](CC(=O)O)NC(=O)[C@H](CCCCN)NC(=O)[C@@H](N)CCCNC(=N)N)C(=O)NC(=O)c1ccc2ccccc2c1. The van der Waals surface area contributed by atoms with Crippen molar-refractivity contribution in [3.05, 3.63) is 48.0 Å². The summed E-state index contributed by atoms with van der Waals surface area (Å²) in [5.74, 6) is -6.12. The Labute approximate surface area is 278 Å². The van der Waals surface area contributed by atoms with Gasteiger partial charge in [0.15, 0.2) is 5.96 Å². The second-order valence-electron chi connectivity index (χ2n) is 11.7. The first kappa shape index (κ1) is 39.1. The number of carbonyl (C=O) groups excluding carboxylic acids is 5. The average Bonchev–Trinajstić information content (AvgIpc) is 3.03. The van der Waals surface area contributed by atoms with E-state index in [1.54, 1.807) is 32.0 Å². The summed E-state index contributed by atoms with van der Waals surface area (Å²) in [6, 6.07) is 7.25. The zero-order valence-corrected chi connectivity index (χ0v) is 27.2. The van der Waals surface area contributed by atoms with Crippen LogP contribution >= 0.6 is 0 Å². The third kappa shape index (κ3) is 13.0. The molecule has 0 aliphatic rings. The minimum absolute atomic E-state index is 0.128. The van der Waals surface area contributed by atoms with Gasteiger partial charge in [-0.1, -0.05) is 44.2 Å². The monoisotopic (exact) mass is 669 g/mol. The van der Waals surface area contributed by atoms with E-state index >= 15 is 0 Å². The van der Waals surface area contributed by atoms with Crippen LogP contribution < -0.4 is 43.8 Å². The fourth-order valence-electron chi connectivity index (χ4n) is 4.75. The lowest BCUT2D eigenvalue weighted by Gasteiger charge is -2.26. The van der Waals surface area contributed by atoms with Gasteiger partial charge in [-0.05, 0) is 67.5 Å². The molecule has 0 fully saturated rings. The number of fused-ring (bicyclic) bond motifs is 1. The number of benzene rings is 2. The molecule has 2 rings (SSSR count). The van der Waals surface area contributed by atoms with Crippen LogP contribution in [0.1, 0.15) is 62.7 Å². The van der Waals surface area contributed by atoms with Crippen LogP contribution in [0.15, 0.2) is 42.5 Å². The van der Waals surface area contributed by atoms with Crippen LogP contribution in [-0.2, 0) is 24.0 Å². The van der Waals surface area contributed by atoms with Gasteiger partial charge in [-0.3, -0.25) is 39.5 Å². The number of carboxylic acids is 1.